The molecule has 0 radical (unpaired) electrons. The largest absolute Gasteiger partial charge is 0.480 e. The molecule has 27 heavy (non-hydrogen) atoms. The number of carboxylic acids is 1. The molecule has 2 unspecified atom stereocenters. The Morgan fingerprint density at radius 2 is 1.52 bits per heavy atom. The van der Waals surface area contributed by atoms with Crippen molar-refractivity contribution in [1.82, 2.24) is 5.32 Å². The molecule has 2 N–H and O–H groups in total. The van der Waals surface area contributed by atoms with Crippen molar-refractivity contribution < 1.29 is 24.2 Å². The Balaban J connectivity index is 2.19. The third-order valence-electron chi connectivity index (χ3n) is 4.01. The minimum absolute atomic E-state index is 0.199. The fraction of sp³-hybridized carbons (Fsp3) is 0.286. The van der Waals surface area contributed by atoms with Gasteiger partial charge in [0.15, 0.2) is 11.9 Å². The highest BCUT2D eigenvalue weighted by Crippen LogP contribution is 2.16. The molecule has 6 nitrogen and oxygen atoms in total. The number of hydrogen-bond acceptors (Lipinski definition) is 4. The first-order chi connectivity index (χ1) is 12.9. The Morgan fingerprint density at radius 3 is 2.04 bits per heavy atom. The van der Waals surface area contributed by atoms with Crippen molar-refractivity contribution in [3.63, 3.8) is 0 Å². The Morgan fingerprint density at radius 1 is 0.963 bits per heavy atom. The molecule has 0 aromatic heterocycles. The van der Waals surface area contributed by atoms with E-state index in [4.69, 9.17) is 4.74 Å². The molecule has 1 amide bonds. The van der Waals surface area contributed by atoms with Crippen LogP contribution in [0.15, 0.2) is 60.7 Å². The lowest BCUT2D eigenvalue weighted by Crippen LogP contribution is -2.50. The predicted octanol–water partition coefficient (Wildman–Crippen LogP) is 2.93. The number of para-hydroxylation sites is 1. The Hall–Kier alpha value is -3.15. The molecule has 0 aliphatic rings. The summed E-state index contributed by atoms with van der Waals surface area (Å²) in [5.74, 6) is -1.91. The number of carbonyl (C=O) groups excluding carboxylic acids is 2. The van der Waals surface area contributed by atoms with Crippen LogP contribution in [-0.4, -0.2) is 34.9 Å². The van der Waals surface area contributed by atoms with Gasteiger partial charge in [-0.05, 0) is 18.1 Å². The van der Waals surface area contributed by atoms with E-state index in [2.05, 4.69) is 5.32 Å². The van der Waals surface area contributed by atoms with Gasteiger partial charge in [0, 0.05) is 5.56 Å². The van der Waals surface area contributed by atoms with E-state index in [1.807, 2.05) is 0 Å². The van der Waals surface area contributed by atoms with Crippen LogP contribution in [-0.2, 0) is 9.59 Å². The van der Waals surface area contributed by atoms with Crippen molar-refractivity contribution in [1.29, 1.82) is 0 Å². The van der Waals surface area contributed by atoms with Crippen molar-refractivity contribution in [2.24, 2.45) is 5.92 Å². The molecule has 6 heteroatoms. The van der Waals surface area contributed by atoms with Crippen molar-refractivity contribution in [3.8, 4) is 5.75 Å². The van der Waals surface area contributed by atoms with Gasteiger partial charge < -0.3 is 15.2 Å². The van der Waals surface area contributed by atoms with Gasteiger partial charge in [-0.25, -0.2) is 4.79 Å². The van der Waals surface area contributed by atoms with Crippen LogP contribution < -0.4 is 10.1 Å². The SMILES string of the molecule is CC(C)C(NC(=O)C(CC(=O)c1ccccc1)Oc1ccccc1)C(=O)O. The normalized spacial score (nSPS) is 12.9. The van der Waals surface area contributed by atoms with Gasteiger partial charge >= 0.3 is 5.97 Å². The van der Waals surface area contributed by atoms with E-state index >= 15 is 0 Å². The summed E-state index contributed by atoms with van der Waals surface area (Å²) in [7, 11) is 0. The van der Waals surface area contributed by atoms with Crippen LogP contribution in [0.4, 0.5) is 0 Å². The summed E-state index contributed by atoms with van der Waals surface area (Å²) in [6, 6.07) is 16.2. The Bertz CT molecular complexity index is 774. The number of Topliss-reactive ketones (excluding diaryl/α,β-unsaturated/α-hetero) is 1. The second-order valence-corrected chi connectivity index (χ2v) is 6.48. The monoisotopic (exact) mass is 369 g/mol. The molecule has 2 aromatic carbocycles. The summed E-state index contributed by atoms with van der Waals surface area (Å²) in [4.78, 5) is 36.6. The van der Waals surface area contributed by atoms with Gasteiger partial charge in [0.2, 0.25) is 0 Å². The Labute approximate surface area is 158 Å². The Kier molecular flexibility index (Phi) is 7.11. The number of benzene rings is 2. The summed E-state index contributed by atoms with van der Waals surface area (Å²) in [5.41, 5.74) is 0.464. The van der Waals surface area contributed by atoms with Crippen molar-refractivity contribution in [2.45, 2.75) is 32.4 Å². The van der Waals surface area contributed by atoms with E-state index in [-0.39, 0.29) is 18.1 Å². The van der Waals surface area contributed by atoms with Gasteiger partial charge in [0.1, 0.15) is 11.8 Å². The average Bonchev–Trinajstić information content (AvgIpc) is 2.66. The summed E-state index contributed by atoms with van der Waals surface area (Å²) in [6.07, 6.45) is -1.34. The van der Waals surface area contributed by atoms with Crippen LogP contribution in [0.3, 0.4) is 0 Å². The second-order valence-electron chi connectivity index (χ2n) is 6.48. The van der Waals surface area contributed by atoms with E-state index < -0.39 is 24.0 Å². The van der Waals surface area contributed by atoms with Crippen LogP contribution in [0.2, 0.25) is 0 Å². The number of amides is 1. The molecule has 142 valence electrons. The molecular formula is C21H23NO5. The van der Waals surface area contributed by atoms with Gasteiger partial charge in [-0.15, -0.1) is 0 Å². The molecule has 0 bridgehead atoms. The summed E-state index contributed by atoms with van der Waals surface area (Å²) >= 11 is 0. The smallest absolute Gasteiger partial charge is 0.326 e. The highest BCUT2D eigenvalue weighted by molar-refractivity contribution is 5.99. The molecule has 2 aromatic rings. The van der Waals surface area contributed by atoms with Crippen LogP contribution in [0, 0.1) is 5.92 Å². The first-order valence-electron chi connectivity index (χ1n) is 8.71. The van der Waals surface area contributed by atoms with Gasteiger partial charge in [0.05, 0.1) is 6.42 Å². The van der Waals surface area contributed by atoms with Crippen LogP contribution in [0.5, 0.6) is 5.75 Å². The molecule has 0 spiro atoms. The molecule has 0 aliphatic heterocycles. The lowest BCUT2D eigenvalue weighted by molar-refractivity contribution is -0.144. The number of ketones is 1. The number of hydrogen-bond donors (Lipinski definition) is 2. The molecule has 2 atom stereocenters. The summed E-state index contributed by atoms with van der Waals surface area (Å²) in [5, 5.41) is 11.8. The van der Waals surface area contributed by atoms with E-state index in [9.17, 15) is 19.5 Å². The van der Waals surface area contributed by atoms with Gasteiger partial charge in [-0.1, -0.05) is 62.4 Å². The molecule has 0 saturated heterocycles. The van der Waals surface area contributed by atoms with E-state index in [1.54, 1.807) is 74.5 Å². The number of carboxylic acid groups (broad SMARTS) is 1. The minimum atomic E-state index is -1.14. The predicted molar refractivity (Wildman–Crippen MR) is 101 cm³/mol. The van der Waals surface area contributed by atoms with Gasteiger partial charge in [0.25, 0.3) is 5.91 Å². The highest BCUT2D eigenvalue weighted by atomic mass is 16.5. The van der Waals surface area contributed by atoms with Crippen molar-refractivity contribution in [2.75, 3.05) is 0 Å². The van der Waals surface area contributed by atoms with Gasteiger partial charge in [-0.2, -0.15) is 0 Å². The zero-order valence-corrected chi connectivity index (χ0v) is 15.3. The molecule has 0 aliphatic carbocycles. The van der Waals surface area contributed by atoms with E-state index in [0.717, 1.165) is 0 Å². The van der Waals surface area contributed by atoms with Crippen molar-refractivity contribution >= 4 is 17.7 Å². The van der Waals surface area contributed by atoms with E-state index in [0.29, 0.717) is 11.3 Å². The van der Waals surface area contributed by atoms with Crippen LogP contribution in [0.25, 0.3) is 0 Å². The zero-order valence-electron chi connectivity index (χ0n) is 15.3. The summed E-state index contributed by atoms with van der Waals surface area (Å²) in [6.45, 7) is 3.39. The molecule has 0 heterocycles. The number of aliphatic carboxylic acids is 1. The molecular weight excluding hydrogens is 346 g/mol. The molecule has 2 rings (SSSR count). The molecule has 0 saturated carbocycles. The van der Waals surface area contributed by atoms with Gasteiger partial charge in [-0.3, -0.25) is 9.59 Å². The first kappa shape index (κ1) is 20.2. The third kappa shape index (κ3) is 5.95. The average molecular weight is 369 g/mol. The third-order valence-corrected chi connectivity index (χ3v) is 4.01. The lowest BCUT2D eigenvalue weighted by atomic mass is 10.0. The fourth-order valence-electron chi connectivity index (χ4n) is 2.52. The zero-order chi connectivity index (χ0) is 19.8. The number of carbonyl (C=O) groups is 3. The van der Waals surface area contributed by atoms with Crippen molar-refractivity contribution in [3.05, 3.63) is 66.2 Å². The van der Waals surface area contributed by atoms with E-state index in [1.165, 1.54) is 0 Å². The standard InChI is InChI=1S/C21H23NO5/c1-14(2)19(21(25)26)22-20(24)18(27-16-11-7-4-8-12-16)13-17(23)15-9-5-3-6-10-15/h3-12,14,18-19H,13H2,1-2H3,(H,22,24)(H,25,26). The number of nitrogens with one attached hydrogen (secondary N) is 1. The topological polar surface area (TPSA) is 92.7 Å². The highest BCUT2D eigenvalue weighted by Gasteiger charge is 2.30. The van der Waals surface area contributed by atoms with Crippen LogP contribution in [0.1, 0.15) is 30.6 Å². The number of rotatable bonds is 9. The maximum absolute atomic E-state index is 12.7. The van der Waals surface area contributed by atoms with Crippen LogP contribution >= 0.6 is 0 Å². The maximum atomic E-state index is 12.7. The number of ether oxygens (including phenoxy) is 1. The first-order valence-corrected chi connectivity index (χ1v) is 8.71. The lowest BCUT2D eigenvalue weighted by Gasteiger charge is -2.23. The summed E-state index contributed by atoms with van der Waals surface area (Å²) < 4.78 is 5.70. The maximum Gasteiger partial charge on any atom is 0.326 e. The molecule has 0 fully saturated rings. The minimum Gasteiger partial charge on any atom is -0.480 e. The second kappa shape index (κ2) is 9.52. The fourth-order valence-corrected chi connectivity index (χ4v) is 2.52. The quantitative estimate of drug-likeness (QED) is 0.663.